The summed E-state index contributed by atoms with van der Waals surface area (Å²) in [5.74, 6) is -0.279. The standard InChI is InChI=1S/C24H26N2O3S/c1-19-13-15-22(16-14-19)30(28,29)25-23(17-20-9-5-3-6-10-20)24(27)26(2)18-21-11-7-4-8-12-21/h3-16,23,25H,17-18H2,1-2H3/t23-/m0/s1. The van der Waals surface area contributed by atoms with E-state index >= 15 is 0 Å². The van der Waals surface area contributed by atoms with Gasteiger partial charge >= 0.3 is 0 Å². The van der Waals surface area contributed by atoms with E-state index in [0.29, 0.717) is 6.54 Å². The Labute approximate surface area is 178 Å². The summed E-state index contributed by atoms with van der Waals surface area (Å²) in [7, 11) is -2.16. The molecule has 5 nitrogen and oxygen atoms in total. The van der Waals surface area contributed by atoms with E-state index in [1.165, 1.54) is 0 Å². The highest BCUT2D eigenvalue weighted by molar-refractivity contribution is 7.89. The van der Waals surface area contributed by atoms with Crippen molar-refractivity contribution in [1.29, 1.82) is 0 Å². The first-order valence-electron chi connectivity index (χ1n) is 9.77. The molecule has 3 aromatic rings. The number of hydrogen-bond acceptors (Lipinski definition) is 3. The van der Waals surface area contributed by atoms with Gasteiger partial charge in [0.1, 0.15) is 6.04 Å². The Hall–Kier alpha value is -2.96. The molecule has 1 N–H and O–H groups in total. The molecule has 0 spiro atoms. The van der Waals surface area contributed by atoms with Gasteiger partial charge < -0.3 is 4.90 Å². The Morgan fingerprint density at radius 1 is 0.867 bits per heavy atom. The lowest BCUT2D eigenvalue weighted by atomic mass is 10.1. The third-order valence-electron chi connectivity index (χ3n) is 4.85. The van der Waals surface area contributed by atoms with E-state index in [0.717, 1.165) is 16.7 Å². The van der Waals surface area contributed by atoms with Gasteiger partial charge in [-0.25, -0.2) is 8.42 Å². The summed E-state index contributed by atoms with van der Waals surface area (Å²) in [6, 6.07) is 24.7. The lowest BCUT2D eigenvalue weighted by Crippen LogP contribution is -2.48. The third-order valence-corrected chi connectivity index (χ3v) is 6.34. The first-order chi connectivity index (χ1) is 14.3. The SMILES string of the molecule is Cc1ccc(S(=O)(=O)N[C@@H](Cc2ccccc2)C(=O)N(C)Cc2ccccc2)cc1. The first kappa shape index (κ1) is 21.7. The molecule has 0 heterocycles. The maximum Gasteiger partial charge on any atom is 0.241 e. The first-order valence-corrected chi connectivity index (χ1v) is 11.3. The highest BCUT2D eigenvalue weighted by Crippen LogP contribution is 2.14. The van der Waals surface area contributed by atoms with Crippen molar-refractivity contribution in [2.45, 2.75) is 30.8 Å². The maximum atomic E-state index is 13.2. The molecule has 0 unspecified atom stereocenters. The topological polar surface area (TPSA) is 66.5 Å². The van der Waals surface area contributed by atoms with Gasteiger partial charge in [0.15, 0.2) is 0 Å². The van der Waals surface area contributed by atoms with E-state index in [-0.39, 0.29) is 17.2 Å². The molecule has 156 valence electrons. The van der Waals surface area contributed by atoms with Crippen LogP contribution in [0.4, 0.5) is 0 Å². The number of benzene rings is 3. The summed E-state index contributed by atoms with van der Waals surface area (Å²) in [6.45, 7) is 2.29. The number of nitrogens with zero attached hydrogens (tertiary/aromatic N) is 1. The van der Waals surface area contributed by atoms with Gasteiger partial charge in [0, 0.05) is 13.6 Å². The van der Waals surface area contributed by atoms with Crippen molar-refractivity contribution in [2.24, 2.45) is 0 Å². The van der Waals surface area contributed by atoms with E-state index in [9.17, 15) is 13.2 Å². The minimum Gasteiger partial charge on any atom is -0.340 e. The Balaban J connectivity index is 1.84. The fourth-order valence-corrected chi connectivity index (χ4v) is 4.39. The summed E-state index contributed by atoms with van der Waals surface area (Å²) >= 11 is 0. The Morgan fingerprint density at radius 3 is 1.97 bits per heavy atom. The van der Waals surface area contributed by atoms with Gasteiger partial charge in [-0.2, -0.15) is 4.72 Å². The van der Waals surface area contributed by atoms with Crippen molar-refractivity contribution in [1.82, 2.24) is 9.62 Å². The molecule has 3 rings (SSSR count). The molecule has 0 aliphatic carbocycles. The van der Waals surface area contributed by atoms with Gasteiger partial charge in [0.25, 0.3) is 0 Å². The molecule has 1 amide bonds. The van der Waals surface area contributed by atoms with E-state index in [4.69, 9.17) is 0 Å². The molecule has 1 atom stereocenters. The fraction of sp³-hybridized carbons (Fsp3) is 0.208. The van der Waals surface area contributed by atoms with Crippen LogP contribution < -0.4 is 4.72 Å². The molecule has 30 heavy (non-hydrogen) atoms. The van der Waals surface area contributed by atoms with Gasteiger partial charge in [0.05, 0.1) is 4.90 Å². The lowest BCUT2D eigenvalue weighted by Gasteiger charge is -2.25. The van der Waals surface area contributed by atoms with E-state index in [1.54, 1.807) is 36.2 Å². The molecule has 0 aromatic heterocycles. The number of carbonyl (C=O) groups is 1. The summed E-state index contributed by atoms with van der Waals surface area (Å²) < 4.78 is 28.5. The van der Waals surface area contributed by atoms with Crippen molar-refractivity contribution in [2.75, 3.05) is 7.05 Å². The van der Waals surface area contributed by atoms with Crippen LogP contribution in [0, 0.1) is 6.92 Å². The van der Waals surface area contributed by atoms with Gasteiger partial charge in [-0.1, -0.05) is 78.4 Å². The number of aryl methyl sites for hydroxylation is 1. The van der Waals surface area contributed by atoms with Gasteiger partial charge in [0.2, 0.25) is 15.9 Å². The number of rotatable bonds is 8. The molecule has 3 aromatic carbocycles. The predicted octanol–water partition coefficient (Wildman–Crippen LogP) is 3.54. The largest absolute Gasteiger partial charge is 0.340 e. The van der Waals surface area contributed by atoms with Gasteiger partial charge in [-0.3, -0.25) is 4.79 Å². The van der Waals surface area contributed by atoms with Crippen LogP contribution in [0.15, 0.2) is 89.8 Å². The Bertz CT molecular complexity index is 1070. The number of amides is 1. The zero-order valence-electron chi connectivity index (χ0n) is 17.2. The maximum absolute atomic E-state index is 13.2. The molecule has 0 fully saturated rings. The second-order valence-electron chi connectivity index (χ2n) is 7.36. The van der Waals surface area contributed by atoms with Crippen LogP contribution in [-0.2, 0) is 27.8 Å². The molecule has 0 radical (unpaired) electrons. The molecular formula is C24H26N2O3S. The zero-order valence-corrected chi connectivity index (χ0v) is 18.0. The number of sulfonamides is 1. The smallest absolute Gasteiger partial charge is 0.241 e. The monoisotopic (exact) mass is 422 g/mol. The van der Waals surface area contributed by atoms with E-state index < -0.39 is 16.1 Å². The number of hydrogen-bond donors (Lipinski definition) is 1. The third kappa shape index (κ3) is 5.78. The van der Waals surface area contributed by atoms with Crippen LogP contribution >= 0.6 is 0 Å². The molecular weight excluding hydrogens is 396 g/mol. The second-order valence-corrected chi connectivity index (χ2v) is 9.07. The van der Waals surface area contributed by atoms with Crippen LogP contribution in [0.25, 0.3) is 0 Å². The van der Waals surface area contributed by atoms with Crippen LogP contribution in [0.1, 0.15) is 16.7 Å². The molecule has 0 saturated heterocycles. The van der Waals surface area contributed by atoms with Crippen molar-refractivity contribution >= 4 is 15.9 Å². The van der Waals surface area contributed by atoms with Crippen LogP contribution in [0.5, 0.6) is 0 Å². The molecule has 0 saturated carbocycles. The van der Waals surface area contributed by atoms with Gasteiger partial charge in [-0.15, -0.1) is 0 Å². The highest BCUT2D eigenvalue weighted by atomic mass is 32.2. The summed E-state index contributed by atoms with van der Waals surface area (Å²) in [5.41, 5.74) is 2.83. The average Bonchev–Trinajstić information content (AvgIpc) is 2.74. The lowest BCUT2D eigenvalue weighted by molar-refractivity contribution is -0.132. The summed E-state index contributed by atoms with van der Waals surface area (Å²) in [5, 5.41) is 0. The second kappa shape index (κ2) is 9.69. The number of carbonyl (C=O) groups excluding carboxylic acids is 1. The van der Waals surface area contributed by atoms with Crippen molar-refractivity contribution in [3.05, 3.63) is 102 Å². The number of nitrogens with one attached hydrogen (secondary N) is 1. The average molecular weight is 423 g/mol. The summed E-state index contributed by atoms with van der Waals surface area (Å²) in [4.78, 5) is 14.9. The Kier molecular flexibility index (Phi) is 7.03. The fourth-order valence-electron chi connectivity index (χ4n) is 3.20. The van der Waals surface area contributed by atoms with Crippen molar-refractivity contribution < 1.29 is 13.2 Å². The van der Waals surface area contributed by atoms with Crippen molar-refractivity contribution in [3.63, 3.8) is 0 Å². The van der Waals surface area contributed by atoms with Gasteiger partial charge in [-0.05, 0) is 36.6 Å². The Morgan fingerprint density at radius 2 is 1.40 bits per heavy atom. The van der Waals surface area contributed by atoms with E-state index in [2.05, 4.69) is 4.72 Å². The minimum absolute atomic E-state index is 0.143. The molecule has 6 heteroatoms. The van der Waals surface area contributed by atoms with Crippen LogP contribution in [-0.4, -0.2) is 32.3 Å². The van der Waals surface area contributed by atoms with E-state index in [1.807, 2.05) is 67.6 Å². The van der Waals surface area contributed by atoms with Crippen LogP contribution in [0.2, 0.25) is 0 Å². The predicted molar refractivity (Wildman–Crippen MR) is 118 cm³/mol. The normalized spacial score (nSPS) is 12.3. The quantitative estimate of drug-likeness (QED) is 0.604. The van der Waals surface area contributed by atoms with Crippen molar-refractivity contribution in [3.8, 4) is 0 Å². The minimum atomic E-state index is -3.85. The number of likely N-dealkylation sites (N-methyl/N-ethyl adjacent to an activating group) is 1. The highest BCUT2D eigenvalue weighted by Gasteiger charge is 2.28. The van der Waals surface area contributed by atoms with Crippen LogP contribution in [0.3, 0.4) is 0 Å². The molecule has 0 aliphatic rings. The summed E-state index contributed by atoms with van der Waals surface area (Å²) in [6.07, 6.45) is 0.268. The molecule has 0 aliphatic heterocycles. The molecule has 0 bridgehead atoms. The zero-order chi connectivity index (χ0) is 21.6.